The van der Waals surface area contributed by atoms with Gasteiger partial charge in [0.2, 0.25) is 5.91 Å². The molecule has 26 heavy (non-hydrogen) atoms. The third-order valence-electron chi connectivity index (χ3n) is 4.20. The molecule has 0 spiro atoms. The van der Waals surface area contributed by atoms with E-state index in [9.17, 15) is 4.79 Å². The Labute approximate surface area is 154 Å². The van der Waals surface area contributed by atoms with Crippen LogP contribution in [0.1, 0.15) is 12.8 Å². The van der Waals surface area contributed by atoms with Crippen LogP contribution in [0, 0.1) is 18.1 Å². The highest BCUT2D eigenvalue weighted by Gasteiger charge is 2.23. The molecule has 0 saturated carbocycles. The number of hydrogen-bond acceptors (Lipinski definition) is 6. The molecule has 0 bridgehead atoms. The summed E-state index contributed by atoms with van der Waals surface area (Å²) >= 11 is 5.93. The number of rotatable bonds is 4. The number of amides is 1. The standard InChI is InChI=1S/C17H15ClN6O2/c18-11-2-1-3-12(7-11)26-17-14-15(19)21-9-22-16(14)24(23-17)8-10-4-5-20-13(25)6-10/h3,7,9-10H,4-6,8H2,(H,20,25)(H2,19,21,22). The van der Waals surface area contributed by atoms with Gasteiger partial charge in [0.1, 0.15) is 23.3 Å². The Morgan fingerprint density at radius 2 is 2.35 bits per heavy atom. The van der Waals surface area contributed by atoms with Crippen molar-refractivity contribution >= 4 is 34.4 Å². The fourth-order valence-electron chi connectivity index (χ4n) is 3.00. The van der Waals surface area contributed by atoms with E-state index in [2.05, 4.69) is 32.5 Å². The third kappa shape index (κ3) is 3.21. The molecule has 0 aliphatic carbocycles. The number of ether oxygens (including phenoxy) is 1. The van der Waals surface area contributed by atoms with Gasteiger partial charge in [-0.1, -0.05) is 17.7 Å². The minimum absolute atomic E-state index is 0.0500. The second kappa shape index (κ2) is 6.69. The van der Waals surface area contributed by atoms with E-state index in [1.54, 1.807) is 16.8 Å². The molecular formula is C17H15ClN6O2. The molecule has 1 fully saturated rings. The summed E-state index contributed by atoms with van der Waals surface area (Å²) in [7, 11) is 0. The van der Waals surface area contributed by atoms with Gasteiger partial charge < -0.3 is 15.8 Å². The summed E-state index contributed by atoms with van der Waals surface area (Å²) in [6, 6.07) is 8.69. The summed E-state index contributed by atoms with van der Waals surface area (Å²) in [5, 5.41) is 8.24. The van der Waals surface area contributed by atoms with Crippen LogP contribution in [-0.2, 0) is 11.3 Å². The Morgan fingerprint density at radius 1 is 1.46 bits per heavy atom. The minimum atomic E-state index is 0.0500. The normalized spacial score (nSPS) is 17.0. The molecule has 1 atom stereocenters. The van der Waals surface area contributed by atoms with Crippen LogP contribution in [0.4, 0.5) is 5.82 Å². The number of aromatic nitrogens is 4. The maximum atomic E-state index is 11.6. The predicted octanol–water partition coefficient (Wildman–Crippen LogP) is 1.98. The second-order valence-corrected chi connectivity index (χ2v) is 6.47. The van der Waals surface area contributed by atoms with Crippen LogP contribution in [0.25, 0.3) is 11.0 Å². The lowest BCUT2D eigenvalue weighted by atomic mass is 9.98. The van der Waals surface area contributed by atoms with Crippen molar-refractivity contribution < 1.29 is 9.53 Å². The number of nitrogen functional groups attached to an aromatic ring is 1. The molecule has 1 aliphatic heterocycles. The number of fused-ring (bicyclic) bond motifs is 1. The predicted molar refractivity (Wildman–Crippen MR) is 94.7 cm³/mol. The number of nitrogens with zero attached hydrogens (tertiary/aromatic N) is 4. The van der Waals surface area contributed by atoms with Crippen LogP contribution >= 0.6 is 11.6 Å². The fourth-order valence-corrected chi connectivity index (χ4v) is 3.16. The van der Waals surface area contributed by atoms with Crippen molar-refractivity contribution in [2.24, 2.45) is 5.92 Å². The van der Waals surface area contributed by atoms with Crippen molar-refractivity contribution in [2.75, 3.05) is 12.3 Å². The maximum Gasteiger partial charge on any atom is 0.251 e. The molecule has 132 valence electrons. The first-order valence-electron chi connectivity index (χ1n) is 8.10. The number of nitrogens with two attached hydrogens (primary N) is 1. The van der Waals surface area contributed by atoms with Gasteiger partial charge in [0.05, 0.1) is 5.02 Å². The molecule has 9 heteroatoms. The molecule has 0 radical (unpaired) electrons. The first kappa shape index (κ1) is 16.4. The number of hydrogen-bond donors (Lipinski definition) is 2. The number of piperidine rings is 1. The SMILES string of the molecule is Nc1ncnc2c1c(Oc1cc#cc(Cl)c1)nn2CC1CCNC(=O)C1. The lowest BCUT2D eigenvalue weighted by Gasteiger charge is -2.21. The van der Waals surface area contributed by atoms with E-state index in [1.807, 2.05) is 0 Å². The average Bonchev–Trinajstić information content (AvgIpc) is 2.94. The number of halogens is 1. The molecule has 2 aromatic heterocycles. The number of anilines is 1. The van der Waals surface area contributed by atoms with Gasteiger partial charge in [-0.2, -0.15) is 0 Å². The summed E-state index contributed by atoms with van der Waals surface area (Å²) in [5.41, 5.74) is 6.59. The Morgan fingerprint density at radius 3 is 3.15 bits per heavy atom. The molecule has 3 N–H and O–H groups in total. The zero-order valence-electron chi connectivity index (χ0n) is 13.7. The highest BCUT2D eigenvalue weighted by molar-refractivity contribution is 6.30. The monoisotopic (exact) mass is 370 g/mol. The van der Waals surface area contributed by atoms with Gasteiger partial charge in [-0.15, -0.1) is 5.10 Å². The van der Waals surface area contributed by atoms with Gasteiger partial charge in [-0.25, -0.2) is 14.6 Å². The summed E-state index contributed by atoms with van der Waals surface area (Å²) in [5.74, 6) is 1.24. The van der Waals surface area contributed by atoms with Gasteiger partial charge in [-0.3, -0.25) is 4.79 Å². The van der Waals surface area contributed by atoms with Crippen molar-refractivity contribution in [3.63, 3.8) is 0 Å². The first-order valence-corrected chi connectivity index (χ1v) is 8.48. The molecule has 3 aromatic rings. The van der Waals surface area contributed by atoms with Crippen LogP contribution in [0.15, 0.2) is 18.5 Å². The minimum Gasteiger partial charge on any atom is -0.436 e. The van der Waals surface area contributed by atoms with Crippen molar-refractivity contribution in [1.82, 2.24) is 25.1 Å². The summed E-state index contributed by atoms with van der Waals surface area (Å²) < 4.78 is 7.55. The highest BCUT2D eigenvalue weighted by Crippen LogP contribution is 2.32. The van der Waals surface area contributed by atoms with E-state index in [0.29, 0.717) is 41.3 Å². The smallest absolute Gasteiger partial charge is 0.251 e. The number of nitrogens with one attached hydrogen (secondary N) is 1. The Bertz CT molecular complexity index is 973. The summed E-state index contributed by atoms with van der Waals surface area (Å²) in [6.07, 6.45) is 2.72. The Hall–Kier alpha value is -3.05. The first-order chi connectivity index (χ1) is 12.6. The number of carbonyl (C=O) groups excluding carboxylic acids is 1. The highest BCUT2D eigenvalue weighted by atomic mass is 35.5. The van der Waals surface area contributed by atoms with E-state index in [4.69, 9.17) is 22.1 Å². The maximum absolute atomic E-state index is 11.6. The molecule has 1 saturated heterocycles. The second-order valence-electron chi connectivity index (χ2n) is 6.06. The lowest BCUT2D eigenvalue weighted by Crippen LogP contribution is -2.35. The molecule has 4 rings (SSSR count). The number of carbonyl (C=O) groups is 1. The van der Waals surface area contributed by atoms with Crippen LogP contribution in [0.3, 0.4) is 0 Å². The van der Waals surface area contributed by atoms with Crippen LogP contribution in [-0.4, -0.2) is 32.2 Å². The topological polar surface area (TPSA) is 108 Å². The van der Waals surface area contributed by atoms with Crippen LogP contribution in [0.2, 0.25) is 5.02 Å². The Balaban J connectivity index is 1.70. The third-order valence-corrected chi connectivity index (χ3v) is 4.40. The molecular weight excluding hydrogens is 356 g/mol. The van der Waals surface area contributed by atoms with E-state index in [-0.39, 0.29) is 23.5 Å². The van der Waals surface area contributed by atoms with Crippen molar-refractivity contribution in [3.05, 3.63) is 35.6 Å². The van der Waals surface area contributed by atoms with E-state index in [0.717, 1.165) is 6.42 Å². The van der Waals surface area contributed by atoms with Gasteiger partial charge in [0.25, 0.3) is 5.88 Å². The molecule has 1 aromatic carbocycles. The molecule has 3 heterocycles. The van der Waals surface area contributed by atoms with Crippen LogP contribution in [0.5, 0.6) is 11.6 Å². The van der Waals surface area contributed by atoms with Gasteiger partial charge in [0, 0.05) is 31.6 Å². The summed E-state index contributed by atoms with van der Waals surface area (Å²) in [6.45, 7) is 1.21. The van der Waals surface area contributed by atoms with Crippen LogP contribution < -0.4 is 15.8 Å². The van der Waals surface area contributed by atoms with Crippen molar-refractivity contribution in [1.29, 1.82) is 0 Å². The molecule has 1 amide bonds. The zero-order chi connectivity index (χ0) is 18.1. The van der Waals surface area contributed by atoms with E-state index in [1.165, 1.54) is 6.33 Å². The lowest BCUT2D eigenvalue weighted by molar-refractivity contribution is -0.123. The van der Waals surface area contributed by atoms with Gasteiger partial charge in [-0.05, 0) is 18.4 Å². The molecule has 1 unspecified atom stereocenters. The van der Waals surface area contributed by atoms with Crippen molar-refractivity contribution in [3.8, 4) is 11.6 Å². The Kier molecular flexibility index (Phi) is 4.22. The molecule has 1 aliphatic rings. The average molecular weight is 371 g/mol. The van der Waals surface area contributed by atoms with E-state index >= 15 is 0 Å². The summed E-state index contributed by atoms with van der Waals surface area (Å²) in [4.78, 5) is 20.0. The fraction of sp³-hybridized carbons (Fsp3) is 0.294. The van der Waals surface area contributed by atoms with E-state index < -0.39 is 0 Å². The van der Waals surface area contributed by atoms with Gasteiger partial charge >= 0.3 is 0 Å². The van der Waals surface area contributed by atoms with Gasteiger partial charge in [0.15, 0.2) is 5.65 Å². The largest absolute Gasteiger partial charge is 0.436 e. The molecule has 8 nitrogen and oxygen atoms in total. The zero-order valence-corrected chi connectivity index (χ0v) is 14.5. The quantitative estimate of drug-likeness (QED) is 0.727. The van der Waals surface area contributed by atoms with Crippen molar-refractivity contribution in [2.45, 2.75) is 19.4 Å².